The van der Waals surface area contributed by atoms with Crippen LogP contribution in [0.4, 0.5) is 4.39 Å². The van der Waals surface area contributed by atoms with Crippen molar-refractivity contribution < 1.29 is 19.0 Å². The minimum atomic E-state index is -1.04. The molecule has 4 nitrogen and oxygen atoms in total. The van der Waals surface area contributed by atoms with E-state index < -0.39 is 11.8 Å². The monoisotopic (exact) mass is 349 g/mol. The lowest BCUT2D eigenvalue weighted by Gasteiger charge is -2.10. The zero-order chi connectivity index (χ0) is 15.4. The molecule has 0 aromatic heterocycles. The van der Waals surface area contributed by atoms with Crippen LogP contribution in [-0.4, -0.2) is 11.1 Å². The van der Waals surface area contributed by atoms with Gasteiger partial charge in [0.2, 0.25) is 0 Å². The maximum absolute atomic E-state index is 13.2. The first kappa shape index (κ1) is 15.0. The summed E-state index contributed by atoms with van der Waals surface area (Å²) in [6.07, 6.45) is 0. The minimum absolute atomic E-state index is 0.00563. The van der Waals surface area contributed by atoms with Crippen molar-refractivity contribution in [3.8, 4) is 11.8 Å². The second-order valence-electron chi connectivity index (χ2n) is 4.15. The molecule has 21 heavy (non-hydrogen) atoms. The van der Waals surface area contributed by atoms with Gasteiger partial charge in [-0.25, -0.2) is 9.18 Å². The lowest BCUT2D eigenvalue weighted by atomic mass is 10.1. The second-order valence-corrected chi connectivity index (χ2v) is 5.01. The molecule has 0 atom stereocenters. The average Bonchev–Trinajstić information content (AvgIpc) is 2.46. The molecule has 2 rings (SSSR count). The first-order valence-corrected chi connectivity index (χ1v) is 6.64. The quantitative estimate of drug-likeness (QED) is 0.912. The number of hydrogen-bond donors (Lipinski definition) is 1. The van der Waals surface area contributed by atoms with E-state index in [4.69, 9.17) is 15.1 Å². The molecule has 2 aromatic carbocycles. The Balaban J connectivity index is 2.19. The van der Waals surface area contributed by atoms with Crippen LogP contribution in [0.3, 0.4) is 0 Å². The van der Waals surface area contributed by atoms with E-state index in [2.05, 4.69) is 15.9 Å². The van der Waals surface area contributed by atoms with Crippen molar-refractivity contribution >= 4 is 21.9 Å². The van der Waals surface area contributed by atoms with Gasteiger partial charge in [0, 0.05) is 5.56 Å². The number of rotatable bonds is 4. The fourth-order valence-electron chi connectivity index (χ4n) is 1.70. The lowest BCUT2D eigenvalue weighted by molar-refractivity contribution is 0.0696. The van der Waals surface area contributed by atoms with Crippen LogP contribution in [-0.2, 0) is 6.61 Å². The standard InChI is InChI=1S/C15H9BrFNO3/c16-13-6-9(15(19)20)2-4-14(13)21-8-11-5-12(17)3-1-10(11)7-18/h1-6H,8H2,(H,19,20). The highest BCUT2D eigenvalue weighted by Crippen LogP contribution is 2.27. The van der Waals surface area contributed by atoms with E-state index >= 15 is 0 Å². The van der Waals surface area contributed by atoms with E-state index in [1.165, 1.54) is 36.4 Å². The van der Waals surface area contributed by atoms with E-state index in [9.17, 15) is 9.18 Å². The summed E-state index contributed by atoms with van der Waals surface area (Å²) in [6, 6.07) is 10.1. The molecule has 0 saturated carbocycles. The number of ether oxygens (including phenoxy) is 1. The fraction of sp³-hybridized carbons (Fsp3) is 0.0667. The van der Waals surface area contributed by atoms with Crippen molar-refractivity contribution in [1.29, 1.82) is 5.26 Å². The predicted molar refractivity (Wildman–Crippen MR) is 76.5 cm³/mol. The molecular formula is C15H9BrFNO3. The molecule has 0 fully saturated rings. The Kier molecular flexibility index (Phi) is 4.55. The first-order valence-electron chi connectivity index (χ1n) is 5.85. The zero-order valence-electron chi connectivity index (χ0n) is 10.6. The summed E-state index contributed by atoms with van der Waals surface area (Å²) in [5.74, 6) is -1.08. The minimum Gasteiger partial charge on any atom is -0.488 e. The van der Waals surface area contributed by atoms with Gasteiger partial charge in [-0.2, -0.15) is 5.26 Å². The Morgan fingerprint density at radius 2 is 2.10 bits per heavy atom. The molecule has 0 amide bonds. The van der Waals surface area contributed by atoms with Gasteiger partial charge in [-0.05, 0) is 52.3 Å². The number of carbonyl (C=O) groups is 1. The number of nitriles is 1. The third-order valence-corrected chi connectivity index (χ3v) is 3.37. The Morgan fingerprint density at radius 1 is 1.33 bits per heavy atom. The number of carboxylic acids is 1. The van der Waals surface area contributed by atoms with Crippen LogP contribution >= 0.6 is 15.9 Å². The van der Waals surface area contributed by atoms with Crippen molar-refractivity contribution in [2.45, 2.75) is 6.61 Å². The molecule has 106 valence electrons. The first-order chi connectivity index (χ1) is 10.0. The number of halogens is 2. The van der Waals surface area contributed by atoms with Gasteiger partial charge in [0.15, 0.2) is 0 Å². The summed E-state index contributed by atoms with van der Waals surface area (Å²) in [7, 11) is 0. The molecule has 1 N–H and O–H groups in total. The zero-order valence-corrected chi connectivity index (χ0v) is 12.2. The van der Waals surface area contributed by atoms with Crippen molar-refractivity contribution in [3.05, 3.63) is 63.4 Å². The molecule has 6 heteroatoms. The van der Waals surface area contributed by atoms with Crippen molar-refractivity contribution in [2.24, 2.45) is 0 Å². The molecule has 0 aliphatic carbocycles. The van der Waals surface area contributed by atoms with Crippen LogP contribution < -0.4 is 4.74 Å². The Bertz CT molecular complexity index is 740. The van der Waals surface area contributed by atoms with Crippen LogP contribution in [0.1, 0.15) is 21.5 Å². The van der Waals surface area contributed by atoms with Crippen LogP contribution in [0.25, 0.3) is 0 Å². The average molecular weight is 350 g/mol. The normalized spacial score (nSPS) is 9.95. The van der Waals surface area contributed by atoms with Crippen molar-refractivity contribution in [2.75, 3.05) is 0 Å². The van der Waals surface area contributed by atoms with Gasteiger partial charge in [-0.3, -0.25) is 0 Å². The smallest absolute Gasteiger partial charge is 0.335 e. The Hall–Kier alpha value is -2.39. The van der Waals surface area contributed by atoms with E-state index in [0.717, 1.165) is 0 Å². The maximum Gasteiger partial charge on any atom is 0.335 e. The topological polar surface area (TPSA) is 70.3 Å². The van der Waals surface area contributed by atoms with E-state index in [-0.39, 0.29) is 12.2 Å². The van der Waals surface area contributed by atoms with Gasteiger partial charge in [0.25, 0.3) is 0 Å². The number of nitrogens with zero attached hydrogens (tertiary/aromatic N) is 1. The van der Waals surface area contributed by atoms with E-state index in [1.54, 1.807) is 0 Å². The third kappa shape index (κ3) is 3.58. The van der Waals surface area contributed by atoms with Gasteiger partial charge in [0.1, 0.15) is 18.2 Å². The van der Waals surface area contributed by atoms with Gasteiger partial charge in [-0.15, -0.1) is 0 Å². The molecule has 0 unspecified atom stereocenters. The second kappa shape index (κ2) is 6.37. The molecule has 0 bridgehead atoms. The summed E-state index contributed by atoms with van der Waals surface area (Å²) in [5.41, 5.74) is 0.874. The van der Waals surface area contributed by atoms with E-state index in [0.29, 0.717) is 21.3 Å². The molecule has 0 saturated heterocycles. The van der Waals surface area contributed by atoms with E-state index in [1.807, 2.05) is 6.07 Å². The molecule has 0 radical (unpaired) electrons. The molecular weight excluding hydrogens is 341 g/mol. The van der Waals surface area contributed by atoms with Crippen LogP contribution in [0.15, 0.2) is 40.9 Å². The van der Waals surface area contributed by atoms with Gasteiger partial charge in [-0.1, -0.05) is 0 Å². The summed E-state index contributed by atoms with van der Waals surface area (Å²) in [4.78, 5) is 10.8. The summed E-state index contributed by atoms with van der Waals surface area (Å²) in [5, 5.41) is 17.8. The van der Waals surface area contributed by atoms with Crippen molar-refractivity contribution in [3.63, 3.8) is 0 Å². The summed E-state index contributed by atoms with van der Waals surface area (Å²) in [6.45, 7) is 0.00563. The molecule has 2 aromatic rings. The number of aromatic carboxylic acids is 1. The van der Waals surface area contributed by atoms with Crippen LogP contribution in [0, 0.1) is 17.1 Å². The SMILES string of the molecule is N#Cc1ccc(F)cc1COc1ccc(C(=O)O)cc1Br. The molecule has 0 aliphatic rings. The van der Waals surface area contributed by atoms with Crippen LogP contribution in [0.5, 0.6) is 5.75 Å². The largest absolute Gasteiger partial charge is 0.488 e. The lowest BCUT2D eigenvalue weighted by Crippen LogP contribution is -2.01. The number of benzene rings is 2. The number of carboxylic acid groups (broad SMARTS) is 1. The number of hydrogen-bond acceptors (Lipinski definition) is 3. The predicted octanol–water partition coefficient (Wildman–Crippen LogP) is 3.74. The molecule has 0 aliphatic heterocycles. The van der Waals surface area contributed by atoms with Crippen LogP contribution in [0.2, 0.25) is 0 Å². The van der Waals surface area contributed by atoms with Crippen molar-refractivity contribution in [1.82, 2.24) is 0 Å². The fourth-order valence-corrected chi connectivity index (χ4v) is 2.19. The highest BCUT2D eigenvalue weighted by molar-refractivity contribution is 9.10. The third-order valence-electron chi connectivity index (χ3n) is 2.75. The molecule has 0 heterocycles. The van der Waals surface area contributed by atoms with Gasteiger partial charge < -0.3 is 9.84 Å². The summed E-state index contributed by atoms with van der Waals surface area (Å²) >= 11 is 3.21. The molecule has 0 spiro atoms. The summed E-state index contributed by atoms with van der Waals surface area (Å²) < 4.78 is 19.2. The van der Waals surface area contributed by atoms with Gasteiger partial charge in [0.05, 0.1) is 21.7 Å². The highest BCUT2D eigenvalue weighted by Gasteiger charge is 2.09. The Labute approximate surface area is 128 Å². The maximum atomic E-state index is 13.2. The van der Waals surface area contributed by atoms with Gasteiger partial charge >= 0.3 is 5.97 Å². The highest BCUT2D eigenvalue weighted by atomic mass is 79.9. The Morgan fingerprint density at radius 3 is 2.71 bits per heavy atom.